The second kappa shape index (κ2) is 6.58. The molecule has 112 valence electrons. The summed E-state index contributed by atoms with van der Waals surface area (Å²) in [7, 11) is -3.98. The molecule has 0 aliphatic heterocycles. The summed E-state index contributed by atoms with van der Waals surface area (Å²) in [6, 6.07) is 13.5. The van der Waals surface area contributed by atoms with Crippen molar-refractivity contribution in [3.8, 4) is 6.07 Å². The summed E-state index contributed by atoms with van der Waals surface area (Å²) in [5.74, 6) is -0.689. The number of sulfonamides is 1. The fraction of sp³-hybridized carbons (Fsp3) is 0. The molecule has 2 aromatic rings. The third-order valence-electron chi connectivity index (χ3n) is 2.69. The first kappa shape index (κ1) is 16.0. The van der Waals surface area contributed by atoms with Gasteiger partial charge in [0.2, 0.25) is 0 Å². The van der Waals surface area contributed by atoms with E-state index in [-0.39, 0.29) is 21.0 Å². The number of hydrogen-bond acceptors (Lipinski definition) is 4. The van der Waals surface area contributed by atoms with Gasteiger partial charge in [-0.25, -0.2) is 8.42 Å². The quantitative estimate of drug-likeness (QED) is 0.833. The highest BCUT2D eigenvalue weighted by molar-refractivity contribution is 7.89. The number of nitrogens with one attached hydrogen (secondary N) is 2. The molecular formula is C14H10ClN3O3S. The molecule has 2 N–H and O–H groups in total. The number of carbonyl (C=O) groups is 1. The average molecular weight is 336 g/mol. The molecule has 2 rings (SSSR count). The molecule has 0 spiro atoms. The monoisotopic (exact) mass is 335 g/mol. The van der Waals surface area contributed by atoms with Gasteiger partial charge in [-0.1, -0.05) is 29.8 Å². The lowest BCUT2D eigenvalue weighted by Gasteiger charge is -2.09. The highest BCUT2D eigenvalue weighted by Crippen LogP contribution is 2.14. The van der Waals surface area contributed by atoms with E-state index in [9.17, 15) is 13.2 Å². The van der Waals surface area contributed by atoms with Crippen molar-refractivity contribution in [1.29, 1.82) is 5.26 Å². The van der Waals surface area contributed by atoms with E-state index >= 15 is 0 Å². The zero-order valence-corrected chi connectivity index (χ0v) is 12.6. The molecule has 0 bridgehead atoms. The molecule has 1 amide bonds. The van der Waals surface area contributed by atoms with Crippen LogP contribution in [-0.2, 0) is 10.0 Å². The van der Waals surface area contributed by atoms with Crippen molar-refractivity contribution in [3.63, 3.8) is 0 Å². The van der Waals surface area contributed by atoms with Gasteiger partial charge < -0.3 is 0 Å². The Labute approximate surface area is 132 Å². The van der Waals surface area contributed by atoms with Crippen molar-refractivity contribution in [3.05, 3.63) is 64.7 Å². The predicted octanol–water partition coefficient (Wildman–Crippen LogP) is 1.83. The van der Waals surface area contributed by atoms with Crippen molar-refractivity contribution in [2.24, 2.45) is 0 Å². The number of benzene rings is 2. The maximum absolute atomic E-state index is 12.1. The van der Waals surface area contributed by atoms with E-state index in [0.29, 0.717) is 0 Å². The van der Waals surface area contributed by atoms with Gasteiger partial charge in [0, 0.05) is 0 Å². The van der Waals surface area contributed by atoms with Crippen LogP contribution in [0.4, 0.5) is 0 Å². The molecule has 0 unspecified atom stereocenters. The largest absolute Gasteiger partial charge is 0.273 e. The number of hydrazine groups is 1. The van der Waals surface area contributed by atoms with Crippen molar-refractivity contribution >= 4 is 27.5 Å². The van der Waals surface area contributed by atoms with Gasteiger partial charge in [-0.2, -0.15) is 5.26 Å². The van der Waals surface area contributed by atoms with Gasteiger partial charge >= 0.3 is 0 Å². The van der Waals surface area contributed by atoms with Crippen LogP contribution in [0.25, 0.3) is 0 Å². The number of halogens is 1. The van der Waals surface area contributed by atoms with Crippen molar-refractivity contribution < 1.29 is 13.2 Å². The first-order valence-corrected chi connectivity index (χ1v) is 7.87. The van der Waals surface area contributed by atoms with Gasteiger partial charge in [0.15, 0.2) is 0 Å². The number of hydrogen-bond donors (Lipinski definition) is 2. The van der Waals surface area contributed by atoms with E-state index in [0.717, 1.165) is 0 Å². The molecule has 22 heavy (non-hydrogen) atoms. The first-order chi connectivity index (χ1) is 10.4. The maximum atomic E-state index is 12.1. The van der Waals surface area contributed by atoms with Gasteiger partial charge in [-0.3, -0.25) is 10.2 Å². The molecule has 0 radical (unpaired) electrons. The summed E-state index contributed by atoms with van der Waals surface area (Å²) >= 11 is 5.85. The number of nitriles is 1. The van der Waals surface area contributed by atoms with Crippen LogP contribution in [-0.4, -0.2) is 14.3 Å². The molecule has 0 saturated carbocycles. The molecule has 0 atom stereocenters. The Morgan fingerprint density at radius 1 is 1.14 bits per heavy atom. The van der Waals surface area contributed by atoms with Crippen LogP contribution in [0.3, 0.4) is 0 Å². The highest BCUT2D eigenvalue weighted by Gasteiger charge is 2.17. The zero-order chi connectivity index (χ0) is 16.2. The zero-order valence-electron chi connectivity index (χ0n) is 11.1. The molecule has 8 heteroatoms. The SMILES string of the molecule is N#Cc1cccc(S(=O)(=O)NNC(=O)c2ccccc2Cl)c1. The number of rotatable bonds is 4. The molecule has 0 fully saturated rings. The summed E-state index contributed by atoms with van der Waals surface area (Å²) < 4.78 is 24.1. The van der Waals surface area contributed by atoms with Gasteiger partial charge in [-0.15, -0.1) is 4.83 Å². The Hall–Kier alpha value is -2.40. The van der Waals surface area contributed by atoms with Crippen molar-refractivity contribution in [2.75, 3.05) is 0 Å². The van der Waals surface area contributed by atoms with Crippen LogP contribution in [0.2, 0.25) is 5.02 Å². The minimum Gasteiger partial charge on any atom is -0.273 e. The summed E-state index contributed by atoms with van der Waals surface area (Å²) in [4.78, 5) is 13.7. The molecule has 6 nitrogen and oxygen atoms in total. The fourth-order valence-electron chi connectivity index (χ4n) is 1.62. The molecular weight excluding hydrogens is 326 g/mol. The molecule has 2 aromatic carbocycles. The standard InChI is InChI=1S/C14H10ClN3O3S/c15-13-7-2-1-6-12(13)14(19)17-18-22(20,21)11-5-3-4-10(8-11)9-16/h1-8,18H,(H,17,19). The third kappa shape index (κ3) is 3.62. The minimum atomic E-state index is -3.98. The molecule has 0 aliphatic rings. The summed E-state index contributed by atoms with van der Waals surface area (Å²) in [5.41, 5.74) is 2.40. The van der Waals surface area contributed by atoms with Gasteiger partial charge in [0.05, 0.1) is 27.1 Å². The molecule has 0 saturated heterocycles. The normalized spacial score (nSPS) is 10.7. The van der Waals surface area contributed by atoms with E-state index in [2.05, 4.69) is 5.43 Å². The lowest BCUT2D eigenvalue weighted by Crippen LogP contribution is -2.41. The van der Waals surface area contributed by atoms with E-state index in [4.69, 9.17) is 16.9 Å². The van der Waals surface area contributed by atoms with Crippen LogP contribution in [0.15, 0.2) is 53.4 Å². The third-order valence-corrected chi connectivity index (χ3v) is 4.27. The Balaban J connectivity index is 2.15. The Bertz CT molecular complexity index is 860. The van der Waals surface area contributed by atoms with Crippen molar-refractivity contribution in [2.45, 2.75) is 4.90 Å². The maximum Gasteiger partial charge on any atom is 0.267 e. The Morgan fingerprint density at radius 2 is 1.86 bits per heavy atom. The van der Waals surface area contributed by atoms with E-state index in [1.807, 2.05) is 10.9 Å². The summed E-state index contributed by atoms with van der Waals surface area (Å²) in [5, 5.41) is 8.98. The number of carbonyl (C=O) groups excluding carboxylic acids is 1. The van der Waals surface area contributed by atoms with Crippen LogP contribution in [0.5, 0.6) is 0 Å². The van der Waals surface area contributed by atoms with E-state index in [1.165, 1.54) is 36.4 Å². The van der Waals surface area contributed by atoms with Crippen LogP contribution in [0, 0.1) is 11.3 Å². The molecule has 0 aliphatic carbocycles. The van der Waals surface area contributed by atoms with Crippen LogP contribution < -0.4 is 10.3 Å². The van der Waals surface area contributed by atoms with E-state index < -0.39 is 15.9 Å². The Kier molecular flexibility index (Phi) is 4.78. The van der Waals surface area contributed by atoms with E-state index in [1.54, 1.807) is 12.1 Å². The smallest absolute Gasteiger partial charge is 0.267 e. The number of amides is 1. The fourth-order valence-corrected chi connectivity index (χ4v) is 2.72. The number of nitrogens with zero attached hydrogens (tertiary/aromatic N) is 1. The minimum absolute atomic E-state index is 0.133. The average Bonchev–Trinajstić information content (AvgIpc) is 2.53. The van der Waals surface area contributed by atoms with Crippen LogP contribution >= 0.6 is 11.6 Å². The van der Waals surface area contributed by atoms with Gasteiger partial charge in [0.1, 0.15) is 0 Å². The van der Waals surface area contributed by atoms with Gasteiger partial charge in [0.25, 0.3) is 15.9 Å². The Morgan fingerprint density at radius 3 is 2.55 bits per heavy atom. The second-order valence-corrected chi connectivity index (χ2v) is 6.27. The lowest BCUT2D eigenvalue weighted by atomic mass is 10.2. The molecule has 0 aromatic heterocycles. The van der Waals surface area contributed by atoms with Crippen LogP contribution in [0.1, 0.15) is 15.9 Å². The second-order valence-electron chi connectivity index (χ2n) is 4.18. The molecule has 0 heterocycles. The van der Waals surface area contributed by atoms with Gasteiger partial charge in [-0.05, 0) is 30.3 Å². The predicted molar refractivity (Wildman–Crippen MR) is 80.4 cm³/mol. The lowest BCUT2D eigenvalue weighted by molar-refractivity contribution is 0.0945. The summed E-state index contributed by atoms with van der Waals surface area (Å²) in [6.07, 6.45) is 0. The van der Waals surface area contributed by atoms with Crippen molar-refractivity contribution in [1.82, 2.24) is 10.3 Å². The first-order valence-electron chi connectivity index (χ1n) is 6.01. The summed E-state index contributed by atoms with van der Waals surface area (Å²) in [6.45, 7) is 0. The topological polar surface area (TPSA) is 99.1 Å². The highest BCUT2D eigenvalue weighted by atomic mass is 35.5.